The number of amides is 1. The van der Waals surface area contributed by atoms with Gasteiger partial charge in [0.1, 0.15) is 6.61 Å². The highest BCUT2D eigenvalue weighted by Gasteiger charge is 2.45. The molecule has 0 aromatic heterocycles. The van der Waals surface area contributed by atoms with E-state index in [1.54, 1.807) is 0 Å². The maximum Gasteiger partial charge on any atom is 0.410 e. The number of benzene rings is 2. The number of ether oxygens (including phenoxy) is 1. The molecule has 2 fully saturated rings. The van der Waals surface area contributed by atoms with Crippen LogP contribution in [0.3, 0.4) is 0 Å². The lowest BCUT2D eigenvalue weighted by molar-refractivity contribution is -0.0144. The number of hydrogen-bond acceptors (Lipinski definition) is 3. The lowest BCUT2D eigenvalue weighted by Gasteiger charge is -2.52. The van der Waals surface area contributed by atoms with Crippen molar-refractivity contribution in [2.75, 3.05) is 19.7 Å². The SMILES string of the molecule is O=C(OCC1c2ccccc2-c2ccccc21)N1C2CNCC1C2. The van der Waals surface area contributed by atoms with Gasteiger partial charge < -0.3 is 10.1 Å². The zero-order chi connectivity index (χ0) is 16.1. The average molecular weight is 320 g/mol. The monoisotopic (exact) mass is 320 g/mol. The molecule has 2 aromatic rings. The van der Waals surface area contributed by atoms with Crippen LogP contribution in [0.1, 0.15) is 23.5 Å². The number of nitrogens with zero attached hydrogens (tertiary/aromatic N) is 1. The summed E-state index contributed by atoms with van der Waals surface area (Å²) in [7, 11) is 0. The van der Waals surface area contributed by atoms with Crippen molar-refractivity contribution >= 4 is 6.09 Å². The maximum absolute atomic E-state index is 12.5. The second-order valence-electron chi connectivity index (χ2n) is 6.91. The van der Waals surface area contributed by atoms with Crippen LogP contribution < -0.4 is 5.32 Å². The molecule has 4 heteroatoms. The molecular weight excluding hydrogens is 300 g/mol. The number of piperazine rings is 1. The van der Waals surface area contributed by atoms with E-state index in [4.69, 9.17) is 4.74 Å². The number of carbonyl (C=O) groups excluding carboxylic acids is 1. The molecule has 0 spiro atoms. The predicted octanol–water partition coefficient (Wildman–Crippen LogP) is 2.98. The van der Waals surface area contributed by atoms with Crippen molar-refractivity contribution in [1.82, 2.24) is 10.2 Å². The summed E-state index contributed by atoms with van der Waals surface area (Å²) in [5.74, 6) is 0.139. The summed E-state index contributed by atoms with van der Waals surface area (Å²) < 4.78 is 5.74. The minimum atomic E-state index is -0.153. The Morgan fingerprint density at radius 2 is 1.58 bits per heavy atom. The van der Waals surface area contributed by atoms with Crippen LogP contribution in [0.4, 0.5) is 4.79 Å². The highest BCUT2D eigenvalue weighted by Crippen LogP contribution is 2.44. The van der Waals surface area contributed by atoms with Gasteiger partial charge in [0.2, 0.25) is 0 Å². The van der Waals surface area contributed by atoms with E-state index in [0.29, 0.717) is 18.7 Å². The number of rotatable bonds is 2. The summed E-state index contributed by atoms with van der Waals surface area (Å²) in [5.41, 5.74) is 5.05. The Kier molecular flexibility index (Phi) is 3.13. The number of carbonyl (C=O) groups is 1. The molecule has 2 aliphatic heterocycles. The zero-order valence-electron chi connectivity index (χ0n) is 13.4. The quantitative estimate of drug-likeness (QED) is 0.925. The van der Waals surface area contributed by atoms with E-state index in [9.17, 15) is 4.79 Å². The average Bonchev–Trinajstić information content (AvgIpc) is 2.94. The van der Waals surface area contributed by atoms with Gasteiger partial charge in [-0.15, -0.1) is 0 Å². The first-order valence-corrected chi connectivity index (χ1v) is 8.67. The van der Waals surface area contributed by atoms with E-state index in [-0.39, 0.29) is 12.0 Å². The molecule has 1 aliphatic carbocycles. The van der Waals surface area contributed by atoms with Crippen molar-refractivity contribution in [2.24, 2.45) is 0 Å². The van der Waals surface area contributed by atoms with Crippen LogP contribution in [-0.4, -0.2) is 42.8 Å². The summed E-state index contributed by atoms with van der Waals surface area (Å²) in [4.78, 5) is 14.4. The molecule has 0 radical (unpaired) electrons. The molecule has 24 heavy (non-hydrogen) atoms. The number of nitrogens with one attached hydrogen (secondary N) is 1. The molecule has 4 nitrogen and oxygen atoms in total. The van der Waals surface area contributed by atoms with Crippen LogP contribution in [0.15, 0.2) is 48.5 Å². The normalized spacial score (nSPS) is 24.1. The van der Waals surface area contributed by atoms with Crippen molar-refractivity contribution in [3.8, 4) is 11.1 Å². The first kappa shape index (κ1) is 14.1. The van der Waals surface area contributed by atoms with Crippen LogP contribution >= 0.6 is 0 Å². The van der Waals surface area contributed by atoms with E-state index in [1.807, 2.05) is 4.90 Å². The van der Waals surface area contributed by atoms with E-state index in [1.165, 1.54) is 22.3 Å². The van der Waals surface area contributed by atoms with E-state index in [2.05, 4.69) is 53.8 Å². The zero-order valence-corrected chi connectivity index (χ0v) is 13.4. The molecule has 3 aliphatic rings. The van der Waals surface area contributed by atoms with Gasteiger partial charge in [-0.25, -0.2) is 4.79 Å². The fourth-order valence-corrected chi connectivity index (χ4v) is 4.45. The van der Waals surface area contributed by atoms with Crippen LogP contribution in [0.2, 0.25) is 0 Å². The predicted molar refractivity (Wildman–Crippen MR) is 92.0 cm³/mol. The molecule has 2 atom stereocenters. The van der Waals surface area contributed by atoms with E-state index >= 15 is 0 Å². The number of piperidine rings is 1. The second-order valence-corrected chi connectivity index (χ2v) is 6.91. The van der Waals surface area contributed by atoms with Gasteiger partial charge in [-0.2, -0.15) is 0 Å². The molecule has 122 valence electrons. The third-order valence-electron chi connectivity index (χ3n) is 5.64. The third kappa shape index (κ3) is 1.99. The van der Waals surface area contributed by atoms with Crippen molar-refractivity contribution in [3.63, 3.8) is 0 Å². The van der Waals surface area contributed by atoms with Gasteiger partial charge in [0.15, 0.2) is 0 Å². The standard InChI is InChI=1S/C20H20N2O2/c23-20(22-13-9-14(22)11-21-10-13)24-12-19-17-7-3-1-5-15(17)16-6-2-4-8-18(16)19/h1-8,13-14,19,21H,9-12H2. The Morgan fingerprint density at radius 1 is 1.00 bits per heavy atom. The van der Waals surface area contributed by atoms with Crippen molar-refractivity contribution in [3.05, 3.63) is 59.7 Å². The largest absolute Gasteiger partial charge is 0.448 e. The van der Waals surface area contributed by atoms with Gasteiger partial charge in [-0.3, -0.25) is 4.90 Å². The molecule has 2 heterocycles. The summed E-state index contributed by atoms with van der Waals surface area (Å²) >= 11 is 0. The summed E-state index contributed by atoms with van der Waals surface area (Å²) in [6.45, 7) is 2.19. The lowest BCUT2D eigenvalue weighted by Crippen LogP contribution is -2.69. The van der Waals surface area contributed by atoms with E-state index < -0.39 is 0 Å². The van der Waals surface area contributed by atoms with Crippen LogP contribution in [0, 0.1) is 0 Å². The van der Waals surface area contributed by atoms with Gasteiger partial charge in [-0.1, -0.05) is 48.5 Å². The third-order valence-corrected chi connectivity index (χ3v) is 5.64. The Labute approximate surface area is 141 Å². The molecule has 1 N–H and O–H groups in total. The van der Waals surface area contributed by atoms with Crippen LogP contribution in [-0.2, 0) is 4.74 Å². The maximum atomic E-state index is 12.5. The molecule has 1 amide bonds. The minimum Gasteiger partial charge on any atom is -0.448 e. The minimum absolute atomic E-state index is 0.139. The Hall–Kier alpha value is -2.33. The highest BCUT2D eigenvalue weighted by atomic mass is 16.6. The van der Waals surface area contributed by atoms with Crippen molar-refractivity contribution in [1.29, 1.82) is 0 Å². The molecule has 0 saturated carbocycles. The molecular formula is C20H20N2O2. The second kappa shape index (κ2) is 5.35. The van der Waals surface area contributed by atoms with Gasteiger partial charge in [0.25, 0.3) is 0 Å². The lowest BCUT2D eigenvalue weighted by atomic mass is 9.89. The van der Waals surface area contributed by atoms with Crippen LogP contribution in [0.5, 0.6) is 0 Å². The van der Waals surface area contributed by atoms with E-state index in [0.717, 1.165) is 19.5 Å². The molecule has 2 bridgehead atoms. The summed E-state index contributed by atoms with van der Waals surface area (Å²) in [5, 5.41) is 3.34. The number of hydrogen-bond donors (Lipinski definition) is 1. The topological polar surface area (TPSA) is 41.6 Å². The number of fused-ring (bicyclic) bond motifs is 5. The van der Waals surface area contributed by atoms with Crippen LogP contribution in [0.25, 0.3) is 11.1 Å². The van der Waals surface area contributed by atoms with Gasteiger partial charge in [0, 0.05) is 31.1 Å². The Balaban J connectivity index is 1.37. The van der Waals surface area contributed by atoms with Gasteiger partial charge >= 0.3 is 6.09 Å². The van der Waals surface area contributed by atoms with Gasteiger partial charge in [-0.05, 0) is 28.7 Å². The summed E-state index contributed by atoms with van der Waals surface area (Å²) in [6, 6.07) is 17.5. The fourth-order valence-electron chi connectivity index (χ4n) is 4.45. The van der Waals surface area contributed by atoms with Gasteiger partial charge in [0.05, 0.1) is 0 Å². The van der Waals surface area contributed by atoms with Crippen molar-refractivity contribution < 1.29 is 9.53 Å². The van der Waals surface area contributed by atoms with Crippen molar-refractivity contribution in [2.45, 2.75) is 24.4 Å². The smallest absolute Gasteiger partial charge is 0.410 e. The fraction of sp³-hybridized carbons (Fsp3) is 0.350. The Morgan fingerprint density at radius 3 is 2.17 bits per heavy atom. The molecule has 5 rings (SSSR count). The summed E-state index contributed by atoms with van der Waals surface area (Å²) in [6.07, 6.45) is 0.955. The first-order chi connectivity index (χ1) is 11.8. The molecule has 2 unspecified atom stereocenters. The molecule has 2 saturated heterocycles. The Bertz CT molecular complexity index is 744. The molecule has 2 aromatic carbocycles. The first-order valence-electron chi connectivity index (χ1n) is 8.67. The highest BCUT2D eigenvalue weighted by molar-refractivity contribution is 5.79.